The summed E-state index contributed by atoms with van der Waals surface area (Å²) in [6.45, 7) is 1.91. The monoisotopic (exact) mass is 353 g/mol. The van der Waals surface area contributed by atoms with E-state index < -0.39 is 5.82 Å². The van der Waals surface area contributed by atoms with Gasteiger partial charge >= 0.3 is 0 Å². The number of aromatic nitrogens is 2. The lowest BCUT2D eigenvalue weighted by atomic mass is 10.1. The van der Waals surface area contributed by atoms with E-state index in [1.807, 2.05) is 19.1 Å². The van der Waals surface area contributed by atoms with Gasteiger partial charge in [-0.05, 0) is 53.2 Å². The third kappa shape index (κ3) is 1.98. The van der Waals surface area contributed by atoms with Crippen molar-refractivity contribution in [1.29, 1.82) is 0 Å². The van der Waals surface area contributed by atoms with Gasteiger partial charge < -0.3 is 5.73 Å². The summed E-state index contributed by atoms with van der Waals surface area (Å²) in [6, 6.07) is 8.17. The van der Waals surface area contributed by atoms with Crippen LogP contribution in [0.2, 0.25) is 5.02 Å². The van der Waals surface area contributed by atoms with Gasteiger partial charge in [0.25, 0.3) is 0 Å². The van der Waals surface area contributed by atoms with Crippen molar-refractivity contribution in [2.24, 2.45) is 0 Å². The molecule has 0 spiro atoms. The fourth-order valence-electron chi connectivity index (χ4n) is 2.17. The largest absolute Gasteiger partial charge is 0.383 e. The molecule has 2 aromatic heterocycles. The van der Waals surface area contributed by atoms with Gasteiger partial charge in [-0.3, -0.25) is 4.40 Å². The van der Waals surface area contributed by atoms with Crippen molar-refractivity contribution in [2.45, 2.75) is 6.92 Å². The van der Waals surface area contributed by atoms with Crippen molar-refractivity contribution in [3.8, 4) is 11.3 Å². The first-order chi connectivity index (χ1) is 9.49. The Labute approximate surface area is 128 Å². The summed E-state index contributed by atoms with van der Waals surface area (Å²) in [6.07, 6.45) is 0. The minimum atomic E-state index is -0.440. The quantitative estimate of drug-likeness (QED) is 0.702. The molecule has 2 N–H and O–H groups in total. The van der Waals surface area contributed by atoms with Crippen LogP contribution in [0.4, 0.5) is 10.2 Å². The molecule has 0 saturated carbocycles. The SMILES string of the molecule is Cc1c(Br)ccc2nc(-c3ccc(Cl)cc3F)c(N)n12. The van der Waals surface area contributed by atoms with E-state index in [1.165, 1.54) is 6.07 Å². The average molecular weight is 355 g/mol. The summed E-state index contributed by atoms with van der Waals surface area (Å²) in [5.41, 5.74) is 8.47. The van der Waals surface area contributed by atoms with Gasteiger partial charge in [-0.25, -0.2) is 9.37 Å². The van der Waals surface area contributed by atoms with Crippen LogP contribution in [0.25, 0.3) is 16.9 Å². The normalized spacial score (nSPS) is 11.2. The molecule has 102 valence electrons. The lowest BCUT2D eigenvalue weighted by molar-refractivity contribution is 0.631. The number of nitrogens with zero attached hydrogens (tertiary/aromatic N) is 2. The average Bonchev–Trinajstić information content (AvgIpc) is 2.72. The highest BCUT2D eigenvalue weighted by atomic mass is 79.9. The van der Waals surface area contributed by atoms with E-state index in [0.29, 0.717) is 27.7 Å². The van der Waals surface area contributed by atoms with Crippen molar-refractivity contribution < 1.29 is 4.39 Å². The predicted molar refractivity (Wildman–Crippen MR) is 82.4 cm³/mol. The van der Waals surface area contributed by atoms with E-state index in [1.54, 1.807) is 16.5 Å². The van der Waals surface area contributed by atoms with E-state index in [0.717, 1.165) is 10.2 Å². The van der Waals surface area contributed by atoms with Gasteiger partial charge in [0, 0.05) is 20.8 Å². The van der Waals surface area contributed by atoms with Crippen LogP contribution in [-0.2, 0) is 0 Å². The number of hydrogen-bond donors (Lipinski definition) is 1. The molecule has 0 aliphatic heterocycles. The molecule has 0 aliphatic rings. The number of nitrogens with two attached hydrogens (primary N) is 1. The van der Waals surface area contributed by atoms with Gasteiger partial charge in [0.15, 0.2) is 0 Å². The van der Waals surface area contributed by atoms with E-state index in [-0.39, 0.29) is 0 Å². The summed E-state index contributed by atoms with van der Waals surface area (Å²) in [5.74, 6) is -0.0376. The van der Waals surface area contributed by atoms with Gasteiger partial charge in [0.1, 0.15) is 23.0 Å². The highest BCUT2D eigenvalue weighted by Gasteiger charge is 2.16. The van der Waals surface area contributed by atoms with Crippen LogP contribution >= 0.6 is 27.5 Å². The first kappa shape index (κ1) is 13.4. The molecule has 0 fully saturated rings. The zero-order valence-corrected chi connectivity index (χ0v) is 12.8. The lowest BCUT2D eigenvalue weighted by Gasteiger charge is -2.05. The fourth-order valence-corrected chi connectivity index (χ4v) is 2.64. The molecule has 1 aromatic carbocycles. The van der Waals surface area contributed by atoms with E-state index in [4.69, 9.17) is 17.3 Å². The lowest BCUT2D eigenvalue weighted by Crippen LogP contribution is -1.98. The number of imidazole rings is 1. The molecule has 0 amide bonds. The van der Waals surface area contributed by atoms with Crippen LogP contribution in [-0.4, -0.2) is 9.38 Å². The number of benzene rings is 1. The molecular weight excluding hydrogens is 345 g/mol. The molecule has 0 unspecified atom stereocenters. The first-order valence-electron chi connectivity index (χ1n) is 5.87. The summed E-state index contributed by atoms with van der Waals surface area (Å²) in [4.78, 5) is 4.41. The Morgan fingerprint density at radius 3 is 2.75 bits per heavy atom. The number of anilines is 1. The van der Waals surface area contributed by atoms with Crippen molar-refractivity contribution in [3.63, 3.8) is 0 Å². The second-order valence-corrected chi connectivity index (χ2v) is 5.72. The van der Waals surface area contributed by atoms with Gasteiger partial charge in [-0.1, -0.05) is 11.6 Å². The van der Waals surface area contributed by atoms with Crippen LogP contribution in [0.5, 0.6) is 0 Å². The summed E-state index contributed by atoms with van der Waals surface area (Å²) >= 11 is 9.21. The smallest absolute Gasteiger partial charge is 0.139 e. The van der Waals surface area contributed by atoms with E-state index in [9.17, 15) is 4.39 Å². The van der Waals surface area contributed by atoms with Gasteiger partial charge in [-0.2, -0.15) is 0 Å². The number of halogens is 3. The van der Waals surface area contributed by atoms with Crippen LogP contribution in [0.3, 0.4) is 0 Å². The Balaban J connectivity index is 2.32. The van der Waals surface area contributed by atoms with Crippen LogP contribution in [0.1, 0.15) is 5.69 Å². The molecule has 20 heavy (non-hydrogen) atoms. The third-order valence-corrected chi connectivity index (χ3v) is 4.26. The third-order valence-electron chi connectivity index (χ3n) is 3.19. The van der Waals surface area contributed by atoms with Crippen LogP contribution in [0.15, 0.2) is 34.8 Å². The zero-order valence-electron chi connectivity index (χ0n) is 10.5. The van der Waals surface area contributed by atoms with Gasteiger partial charge in [0.2, 0.25) is 0 Å². The number of aryl methyl sites for hydroxylation is 1. The Bertz CT molecular complexity index is 829. The molecule has 0 bridgehead atoms. The number of nitrogen functional groups attached to an aromatic ring is 1. The molecule has 3 rings (SSSR count). The Hall–Kier alpha value is -1.59. The van der Waals surface area contributed by atoms with Crippen molar-refractivity contribution in [2.75, 3.05) is 5.73 Å². The molecule has 0 atom stereocenters. The summed E-state index contributed by atoms with van der Waals surface area (Å²) in [5, 5.41) is 0.340. The van der Waals surface area contributed by atoms with Crippen molar-refractivity contribution in [3.05, 3.63) is 51.3 Å². The maximum absolute atomic E-state index is 14.0. The minimum Gasteiger partial charge on any atom is -0.383 e. The first-order valence-corrected chi connectivity index (χ1v) is 7.04. The minimum absolute atomic E-state index is 0.339. The highest BCUT2D eigenvalue weighted by Crippen LogP contribution is 2.32. The number of hydrogen-bond acceptors (Lipinski definition) is 2. The molecule has 3 aromatic rings. The number of pyridine rings is 1. The zero-order chi connectivity index (χ0) is 14.4. The standard InChI is InChI=1S/C14H10BrClFN3/c1-7-10(15)4-5-12-19-13(14(18)20(7)12)9-3-2-8(16)6-11(9)17/h2-6H,18H2,1H3. The molecule has 0 radical (unpaired) electrons. The predicted octanol–water partition coefficient (Wildman–Crippen LogP) is 4.45. The molecule has 0 saturated heterocycles. The molecular formula is C14H10BrClFN3. The maximum Gasteiger partial charge on any atom is 0.139 e. The molecule has 2 heterocycles. The molecule has 6 heteroatoms. The summed E-state index contributed by atoms with van der Waals surface area (Å²) < 4.78 is 16.7. The van der Waals surface area contributed by atoms with Crippen molar-refractivity contribution in [1.82, 2.24) is 9.38 Å². The van der Waals surface area contributed by atoms with Crippen LogP contribution < -0.4 is 5.73 Å². The Morgan fingerprint density at radius 1 is 1.30 bits per heavy atom. The second-order valence-electron chi connectivity index (χ2n) is 4.43. The number of rotatable bonds is 1. The van der Waals surface area contributed by atoms with E-state index >= 15 is 0 Å². The topological polar surface area (TPSA) is 43.3 Å². The molecule has 3 nitrogen and oxygen atoms in total. The van der Waals surface area contributed by atoms with Gasteiger partial charge in [-0.15, -0.1) is 0 Å². The summed E-state index contributed by atoms with van der Waals surface area (Å²) in [7, 11) is 0. The number of fused-ring (bicyclic) bond motifs is 1. The maximum atomic E-state index is 14.0. The van der Waals surface area contributed by atoms with E-state index in [2.05, 4.69) is 20.9 Å². The second kappa shape index (κ2) is 4.75. The Kier molecular flexibility index (Phi) is 3.18. The van der Waals surface area contributed by atoms with Crippen molar-refractivity contribution >= 4 is 39.0 Å². The van der Waals surface area contributed by atoms with Crippen LogP contribution in [0, 0.1) is 12.7 Å². The Morgan fingerprint density at radius 2 is 2.05 bits per heavy atom. The fraction of sp³-hybridized carbons (Fsp3) is 0.0714. The molecule has 0 aliphatic carbocycles. The van der Waals surface area contributed by atoms with Gasteiger partial charge in [0.05, 0.1) is 0 Å². The highest BCUT2D eigenvalue weighted by molar-refractivity contribution is 9.10.